The average Bonchev–Trinajstić information content (AvgIpc) is 3.43. The van der Waals surface area contributed by atoms with Gasteiger partial charge in [0, 0.05) is 38.1 Å². The maximum Gasteiger partial charge on any atom is 0.171 e. The fourth-order valence-electron chi connectivity index (χ4n) is 6.13. The molecule has 0 unspecified atom stereocenters. The van der Waals surface area contributed by atoms with Gasteiger partial charge in [0.05, 0.1) is 12.4 Å². The van der Waals surface area contributed by atoms with Crippen molar-refractivity contribution in [3.63, 3.8) is 0 Å². The Morgan fingerprint density at radius 2 is 1.69 bits per heavy atom. The predicted octanol–water partition coefficient (Wildman–Crippen LogP) is 6.45. The molecule has 1 aromatic rings. The van der Waals surface area contributed by atoms with Crippen molar-refractivity contribution in [3.8, 4) is 0 Å². The van der Waals surface area contributed by atoms with Crippen LogP contribution < -0.4 is 5.32 Å². The molecule has 2 aliphatic heterocycles. The number of aryl methyl sites for hydroxylation is 1. The minimum Gasteiger partial charge on any atom is -0.369 e. The van der Waals surface area contributed by atoms with Crippen molar-refractivity contribution in [2.45, 2.75) is 103 Å². The number of benzene rings is 1. The smallest absolute Gasteiger partial charge is 0.171 e. The number of rotatable bonds is 13. The average molecular weight is 497 g/mol. The molecule has 0 spiro atoms. The van der Waals surface area contributed by atoms with E-state index in [1.807, 2.05) is 0 Å². The number of hydrogen-bond donors (Lipinski definition) is 1. The molecule has 1 saturated carbocycles. The molecule has 1 saturated heterocycles. The second-order valence-electron chi connectivity index (χ2n) is 11.5. The summed E-state index contributed by atoms with van der Waals surface area (Å²) in [6, 6.07) is 11.9. The summed E-state index contributed by atoms with van der Waals surface area (Å²) in [5.41, 5.74) is 1.44. The molecule has 3 aliphatic rings. The predicted molar refractivity (Wildman–Crippen MR) is 153 cm³/mol. The highest BCUT2D eigenvalue weighted by Crippen LogP contribution is 2.31. The quantitative estimate of drug-likeness (QED) is 0.251. The normalized spacial score (nSPS) is 26.8. The van der Waals surface area contributed by atoms with Gasteiger partial charge >= 0.3 is 0 Å². The first-order valence-electron chi connectivity index (χ1n) is 14.5. The molecule has 35 heavy (non-hydrogen) atoms. The molecule has 0 amide bonds. The number of aliphatic imine (C=N–C) groups is 1. The lowest BCUT2D eigenvalue weighted by atomic mass is 9.81. The van der Waals surface area contributed by atoms with Crippen LogP contribution >= 0.6 is 12.2 Å². The van der Waals surface area contributed by atoms with E-state index < -0.39 is 0 Å². The molecule has 0 radical (unpaired) electrons. The summed E-state index contributed by atoms with van der Waals surface area (Å²) in [6.07, 6.45) is 15.4. The Hall–Kier alpha value is -1.62. The van der Waals surface area contributed by atoms with Gasteiger partial charge in [0.2, 0.25) is 0 Å². The summed E-state index contributed by atoms with van der Waals surface area (Å²) in [7, 11) is 0. The fourth-order valence-corrected chi connectivity index (χ4v) is 6.57. The SMILES string of the molecule is CC1CCC(CCN2C(=S)N(CCCC[C@H]3CN=C(CCCCc4ccccc4)N3)C[C@H]2C)CC1. The molecule has 1 N–H and O–H groups in total. The van der Waals surface area contributed by atoms with E-state index in [9.17, 15) is 0 Å². The second-order valence-corrected chi connectivity index (χ2v) is 11.9. The Morgan fingerprint density at radius 1 is 0.914 bits per heavy atom. The lowest BCUT2D eigenvalue weighted by Gasteiger charge is -2.29. The van der Waals surface area contributed by atoms with Crippen LogP contribution in [0.15, 0.2) is 35.3 Å². The van der Waals surface area contributed by atoms with Gasteiger partial charge in [0.15, 0.2) is 5.11 Å². The topological polar surface area (TPSA) is 30.9 Å². The summed E-state index contributed by atoms with van der Waals surface area (Å²) in [6.45, 7) is 9.11. The van der Waals surface area contributed by atoms with Gasteiger partial charge in [-0.1, -0.05) is 62.9 Å². The molecule has 4 nitrogen and oxygen atoms in total. The first kappa shape index (κ1) is 26.4. The van der Waals surface area contributed by atoms with E-state index in [2.05, 4.69) is 59.3 Å². The number of nitrogens with one attached hydrogen (secondary N) is 1. The lowest BCUT2D eigenvalue weighted by molar-refractivity contribution is 0.249. The van der Waals surface area contributed by atoms with Crippen LogP contribution in [-0.4, -0.2) is 59.0 Å². The van der Waals surface area contributed by atoms with Crippen LogP contribution in [0.3, 0.4) is 0 Å². The molecule has 0 aromatic heterocycles. The van der Waals surface area contributed by atoms with E-state index in [0.717, 1.165) is 49.5 Å². The third-order valence-electron chi connectivity index (χ3n) is 8.52. The molecule has 2 heterocycles. The zero-order chi connectivity index (χ0) is 24.5. The third-order valence-corrected chi connectivity index (χ3v) is 9.02. The van der Waals surface area contributed by atoms with Crippen molar-refractivity contribution in [1.82, 2.24) is 15.1 Å². The van der Waals surface area contributed by atoms with E-state index in [4.69, 9.17) is 17.2 Å². The van der Waals surface area contributed by atoms with Gasteiger partial charge in [0.25, 0.3) is 0 Å². The van der Waals surface area contributed by atoms with Gasteiger partial charge in [-0.2, -0.15) is 0 Å². The van der Waals surface area contributed by atoms with Gasteiger partial charge in [0.1, 0.15) is 0 Å². The Kier molecular flexibility index (Phi) is 10.3. The molecule has 194 valence electrons. The first-order valence-corrected chi connectivity index (χ1v) is 14.9. The van der Waals surface area contributed by atoms with Crippen LogP contribution in [0.1, 0.15) is 90.0 Å². The molecule has 1 aromatic carbocycles. The number of hydrogen-bond acceptors (Lipinski definition) is 3. The number of thiocarbonyl (C=S) groups is 1. The molecule has 2 atom stereocenters. The Labute approximate surface area is 219 Å². The highest BCUT2D eigenvalue weighted by molar-refractivity contribution is 7.80. The zero-order valence-corrected chi connectivity index (χ0v) is 23.1. The lowest BCUT2D eigenvalue weighted by Crippen LogP contribution is -2.36. The van der Waals surface area contributed by atoms with Crippen LogP contribution in [0.4, 0.5) is 0 Å². The molecule has 4 rings (SSSR count). The highest BCUT2D eigenvalue weighted by Gasteiger charge is 2.31. The number of nitrogens with zero attached hydrogens (tertiary/aromatic N) is 3. The van der Waals surface area contributed by atoms with Gasteiger partial charge in [-0.3, -0.25) is 4.99 Å². The standard InChI is InChI=1S/C30H48N4S/c1-24-15-17-27(18-16-24)19-21-34-25(2)23-33(30(34)35)20-9-8-13-28-22-31-29(32-28)14-7-6-12-26-10-4-3-5-11-26/h3-5,10-11,24-25,27-28H,6-9,12-23H2,1-2H3,(H,31,32)/t24?,25-,27?,28+/m1/s1. The molecule has 5 heteroatoms. The van der Waals surface area contributed by atoms with Crippen molar-refractivity contribution >= 4 is 23.2 Å². The minimum absolute atomic E-state index is 0.540. The summed E-state index contributed by atoms with van der Waals surface area (Å²) in [5.74, 6) is 3.10. The van der Waals surface area contributed by atoms with Gasteiger partial charge < -0.3 is 15.1 Å². The molecule has 0 bridgehead atoms. The highest BCUT2D eigenvalue weighted by atomic mass is 32.1. The first-order chi connectivity index (χ1) is 17.1. The molecular weight excluding hydrogens is 448 g/mol. The molecule has 2 fully saturated rings. The van der Waals surface area contributed by atoms with Gasteiger partial charge in [-0.25, -0.2) is 0 Å². The van der Waals surface area contributed by atoms with Crippen molar-refractivity contribution < 1.29 is 0 Å². The van der Waals surface area contributed by atoms with Crippen LogP contribution in [0.25, 0.3) is 0 Å². The van der Waals surface area contributed by atoms with Gasteiger partial charge in [-0.15, -0.1) is 0 Å². The maximum atomic E-state index is 5.90. The van der Waals surface area contributed by atoms with Crippen LogP contribution in [0, 0.1) is 11.8 Å². The summed E-state index contributed by atoms with van der Waals surface area (Å²) in [5, 5.41) is 4.81. The third kappa shape index (κ3) is 8.20. The van der Waals surface area contributed by atoms with E-state index in [-0.39, 0.29) is 0 Å². The Morgan fingerprint density at radius 3 is 2.49 bits per heavy atom. The zero-order valence-electron chi connectivity index (χ0n) is 22.3. The summed E-state index contributed by atoms with van der Waals surface area (Å²) < 4.78 is 0. The van der Waals surface area contributed by atoms with Gasteiger partial charge in [-0.05, 0) is 81.5 Å². The Balaban J connectivity index is 1.05. The second kappa shape index (κ2) is 13.6. The Bertz CT molecular complexity index is 802. The summed E-state index contributed by atoms with van der Waals surface area (Å²) >= 11 is 5.90. The number of amidine groups is 1. The van der Waals surface area contributed by atoms with Crippen molar-refractivity contribution in [1.29, 1.82) is 0 Å². The minimum atomic E-state index is 0.540. The van der Waals surface area contributed by atoms with E-state index in [1.165, 1.54) is 82.0 Å². The van der Waals surface area contributed by atoms with Crippen molar-refractivity contribution in [2.24, 2.45) is 16.8 Å². The largest absolute Gasteiger partial charge is 0.369 e. The number of unbranched alkanes of at least 4 members (excludes halogenated alkanes) is 2. The van der Waals surface area contributed by atoms with E-state index in [1.54, 1.807) is 0 Å². The van der Waals surface area contributed by atoms with E-state index >= 15 is 0 Å². The maximum absolute atomic E-state index is 5.90. The molecule has 1 aliphatic carbocycles. The fraction of sp³-hybridized carbons (Fsp3) is 0.733. The molecular formula is C30H48N4S. The van der Waals surface area contributed by atoms with Crippen LogP contribution in [-0.2, 0) is 6.42 Å². The monoisotopic (exact) mass is 496 g/mol. The van der Waals surface area contributed by atoms with Crippen LogP contribution in [0.2, 0.25) is 0 Å². The van der Waals surface area contributed by atoms with Crippen LogP contribution in [0.5, 0.6) is 0 Å². The van der Waals surface area contributed by atoms with Crippen molar-refractivity contribution in [3.05, 3.63) is 35.9 Å². The van der Waals surface area contributed by atoms with Crippen molar-refractivity contribution in [2.75, 3.05) is 26.2 Å². The summed E-state index contributed by atoms with van der Waals surface area (Å²) in [4.78, 5) is 9.77. The van der Waals surface area contributed by atoms with E-state index in [0.29, 0.717) is 12.1 Å².